The molecular weight excluding hydrogens is 408 g/mol. The van der Waals surface area contributed by atoms with E-state index in [2.05, 4.69) is 93.5 Å². The maximum Gasteiger partial charge on any atom is -0.0191 e. The van der Waals surface area contributed by atoms with Gasteiger partial charge in [0.25, 0.3) is 0 Å². The molecule has 4 saturated carbocycles. The molecule has 0 radical (unpaired) electrons. The van der Waals surface area contributed by atoms with Crippen LogP contribution >= 0.6 is 0 Å². The molecule has 4 aliphatic carbocycles. The minimum Gasteiger partial charge on any atom is -0.0825 e. The third-order valence-corrected chi connectivity index (χ3v) is 10.3. The molecule has 0 heterocycles. The standard InChI is InChI=1S/C34H54/c1-20(2)11-25-17-28(14-23(7)8)32-29(25)15-24(9)33(32)34(10)18-30-26(12-21(3)4)16-27(13-22(5)6)31(30)19-34/h11-14,24-33H,15-19H2,1-10H3. The van der Waals surface area contributed by atoms with Gasteiger partial charge in [-0.05, 0) is 152 Å². The molecule has 0 bridgehead atoms. The van der Waals surface area contributed by atoms with E-state index in [1.165, 1.54) is 54.4 Å². The maximum absolute atomic E-state index is 2.74. The van der Waals surface area contributed by atoms with Crippen molar-refractivity contribution < 1.29 is 0 Å². The van der Waals surface area contributed by atoms with Gasteiger partial charge >= 0.3 is 0 Å². The van der Waals surface area contributed by atoms with E-state index in [1.54, 1.807) is 0 Å². The predicted octanol–water partition coefficient (Wildman–Crippen LogP) is 10.0. The van der Waals surface area contributed by atoms with Gasteiger partial charge in [-0.3, -0.25) is 0 Å². The lowest BCUT2D eigenvalue weighted by atomic mass is 9.63. The third kappa shape index (κ3) is 4.95. The first-order valence-electron chi connectivity index (χ1n) is 14.5. The minimum atomic E-state index is 0.504. The summed E-state index contributed by atoms with van der Waals surface area (Å²) >= 11 is 0. The summed E-state index contributed by atoms with van der Waals surface area (Å²) in [6.45, 7) is 23.9. The van der Waals surface area contributed by atoms with Gasteiger partial charge < -0.3 is 0 Å². The van der Waals surface area contributed by atoms with E-state index in [4.69, 9.17) is 0 Å². The zero-order chi connectivity index (χ0) is 24.9. The monoisotopic (exact) mass is 462 g/mol. The molecule has 10 unspecified atom stereocenters. The Kier molecular flexibility index (Phi) is 7.49. The second-order valence-corrected chi connectivity index (χ2v) is 14.5. The van der Waals surface area contributed by atoms with E-state index in [0.717, 1.165) is 59.2 Å². The van der Waals surface area contributed by atoms with Crippen LogP contribution in [0.25, 0.3) is 0 Å². The van der Waals surface area contributed by atoms with Gasteiger partial charge in [-0.25, -0.2) is 0 Å². The highest BCUT2D eigenvalue weighted by Crippen LogP contribution is 2.68. The molecule has 0 aromatic carbocycles. The van der Waals surface area contributed by atoms with Crippen LogP contribution in [0, 0.1) is 64.6 Å². The van der Waals surface area contributed by atoms with Gasteiger partial charge in [-0.2, -0.15) is 0 Å². The van der Waals surface area contributed by atoms with Crippen molar-refractivity contribution in [3.63, 3.8) is 0 Å². The van der Waals surface area contributed by atoms with E-state index in [9.17, 15) is 0 Å². The fourth-order valence-electron chi connectivity index (χ4n) is 10.0. The van der Waals surface area contributed by atoms with Crippen molar-refractivity contribution in [1.82, 2.24) is 0 Å². The summed E-state index contributed by atoms with van der Waals surface area (Å²) < 4.78 is 0. The van der Waals surface area contributed by atoms with Crippen LogP contribution in [0.2, 0.25) is 0 Å². The number of allylic oxidation sites excluding steroid dienone is 8. The molecular formula is C34H54. The topological polar surface area (TPSA) is 0 Å². The Balaban J connectivity index is 1.68. The van der Waals surface area contributed by atoms with Crippen LogP contribution in [-0.2, 0) is 0 Å². The third-order valence-electron chi connectivity index (χ3n) is 10.3. The van der Waals surface area contributed by atoms with Gasteiger partial charge in [0.1, 0.15) is 0 Å². The van der Waals surface area contributed by atoms with E-state index in [0.29, 0.717) is 5.41 Å². The summed E-state index contributed by atoms with van der Waals surface area (Å²) in [5.41, 5.74) is 6.60. The normalized spacial score (nSPS) is 44.9. The first-order chi connectivity index (χ1) is 15.9. The Labute approximate surface area is 212 Å². The molecule has 4 rings (SSSR count). The van der Waals surface area contributed by atoms with Gasteiger partial charge in [-0.15, -0.1) is 0 Å². The van der Waals surface area contributed by atoms with Crippen molar-refractivity contribution in [3.05, 3.63) is 46.6 Å². The van der Waals surface area contributed by atoms with Crippen LogP contribution in [0.1, 0.15) is 101 Å². The van der Waals surface area contributed by atoms with Gasteiger partial charge in [-0.1, -0.05) is 60.4 Å². The Hall–Kier alpha value is -1.04. The number of hydrogen-bond donors (Lipinski definition) is 0. The molecule has 0 aromatic rings. The van der Waals surface area contributed by atoms with Crippen LogP contribution in [0.15, 0.2) is 46.6 Å². The number of rotatable bonds is 5. The Morgan fingerprint density at radius 1 is 0.559 bits per heavy atom. The molecule has 10 atom stereocenters. The van der Waals surface area contributed by atoms with E-state index in [-0.39, 0.29) is 0 Å². The van der Waals surface area contributed by atoms with Crippen molar-refractivity contribution in [2.24, 2.45) is 64.6 Å². The van der Waals surface area contributed by atoms with Gasteiger partial charge in [0.15, 0.2) is 0 Å². The summed E-state index contributed by atoms with van der Waals surface area (Å²) in [6.07, 6.45) is 17.8. The van der Waals surface area contributed by atoms with E-state index >= 15 is 0 Å². The molecule has 0 amide bonds. The molecule has 0 N–H and O–H groups in total. The highest BCUT2D eigenvalue weighted by Gasteiger charge is 2.61. The van der Waals surface area contributed by atoms with Crippen molar-refractivity contribution >= 4 is 0 Å². The molecule has 4 aliphatic rings. The van der Waals surface area contributed by atoms with E-state index < -0.39 is 0 Å². The lowest BCUT2D eigenvalue weighted by Gasteiger charge is -2.41. The Morgan fingerprint density at radius 2 is 0.941 bits per heavy atom. The van der Waals surface area contributed by atoms with Gasteiger partial charge in [0.05, 0.1) is 0 Å². The molecule has 34 heavy (non-hydrogen) atoms. The summed E-state index contributed by atoms with van der Waals surface area (Å²) in [6, 6.07) is 0. The van der Waals surface area contributed by atoms with Gasteiger partial charge in [0, 0.05) is 0 Å². The SMILES string of the molecule is CC(C)=CC1CC(C=C(C)C)C2CC(C)(C3C(C)CC4C(C=C(C)C)CC(C=C(C)C)C43)CC12. The number of hydrogen-bond acceptors (Lipinski definition) is 0. The Bertz CT molecular complexity index is 830. The minimum absolute atomic E-state index is 0.504. The second kappa shape index (κ2) is 9.78. The maximum atomic E-state index is 2.74. The number of fused-ring (bicyclic) bond motifs is 2. The zero-order valence-electron chi connectivity index (χ0n) is 24.1. The quantitative estimate of drug-likeness (QED) is 0.356. The lowest BCUT2D eigenvalue weighted by Crippen LogP contribution is -2.35. The van der Waals surface area contributed by atoms with Crippen LogP contribution in [0.4, 0.5) is 0 Å². The molecule has 0 saturated heterocycles. The van der Waals surface area contributed by atoms with Crippen molar-refractivity contribution in [2.45, 2.75) is 101 Å². The van der Waals surface area contributed by atoms with Crippen LogP contribution in [-0.4, -0.2) is 0 Å². The first-order valence-corrected chi connectivity index (χ1v) is 14.5. The Morgan fingerprint density at radius 3 is 1.38 bits per heavy atom. The molecule has 0 nitrogen and oxygen atoms in total. The van der Waals surface area contributed by atoms with Crippen LogP contribution in [0.5, 0.6) is 0 Å². The lowest BCUT2D eigenvalue weighted by molar-refractivity contribution is 0.0809. The average Bonchev–Trinajstić information content (AvgIpc) is 3.37. The molecule has 0 spiro atoms. The van der Waals surface area contributed by atoms with Crippen molar-refractivity contribution in [1.29, 1.82) is 0 Å². The van der Waals surface area contributed by atoms with Gasteiger partial charge in [0.2, 0.25) is 0 Å². The highest BCUT2D eigenvalue weighted by molar-refractivity contribution is 5.20. The zero-order valence-corrected chi connectivity index (χ0v) is 24.1. The molecule has 0 heteroatoms. The van der Waals surface area contributed by atoms with Crippen LogP contribution in [0.3, 0.4) is 0 Å². The van der Waals surface area contributed by atoms with Crippen LogP contribution < -0.4 is 0 Å². The summed E-state index contributed by atoms with van der Waals surface area (Å²) in [7, 11) is 0. The molecule has 4 fully saturated rings. The molecule has 0 aliphatic heterocycles. The van der Waals surface area contributed by atoms with Crippen molar-refractivity contribution in [3.8, 4) is 0 Å². The average molecular weight is 463 g/mol. The summed E-state index contributed by atoms with van der Waals surface area (Å²) in [4.78, 5) is 0. The molecule has 0 aromatic heterocycles. The second-order valence-electron chi connectivity index (χ2n) is 14.5. The smallest absolute Gasteiger partial charge is 0.0191 e. The summed E-state index contributed by atoms with van der Waals surface area (Å²) in [5, 5.41) is 0. The summed E-state index contributed by atoms with van der Waals surface area (Å²) in [5.74, 6) is 8.48. The fourth-order valence-corrected chi connectivity index (χ4v) is 10.0. The largest absolute Gasteiger partial charge is 0.0825 e. The van der Waals surface area contributed by atoms with E-state index in [1.807, 2.05) is 0 Å². The predicted molar refractivity (Wildman–Crippen MR) is 149 cm³/mol. The van der Waals surface area contributed by atoms with Crippen molar-refractivity contribution in [2.75, 3.05) is 0 Å². The molecule has 190 valence electrons. The highest BCUT2D eigenvalue weighted by atomic mass is 14.7. The fraction of sp³-hybridized carbons (Fsp3) is 0.765. The first kappa shape index (κ1) is 26.0.